The van der Waals surface area contributed by atoms with Crippen molar-refractivity contribution in [1.29, 1.82) is 0 Å². The minimum absolute atomic E-state index is 0.0428. The van der Waals surface area contributed by atoms with Crippen LogP contribution < -0.4 is 10.6 Å². The molecule has 0 aromatic carbocycles. The fourth-order valence-corrected chi connectivity index (χ4v) is 1.96. The average molecular weight is 252 g/mol. The minimum atomic E-state index is 0.0428. The predicted octanol–water partition coefficient (Wildman–Crippen LogP) is -0.277. The molecule has 0 radical (unpaired) electrons. The topological polar surface area (TPSA) is 68.2 Å². The van der Waals surface area contributed by atoms with Gasteiger partial charge in [-0.25, -0.2) is 0 Å². The Kier molecular flexibility index (Phi) is 4.33. The second-order valence-corrected chi connectivity index (χ2v) is 4.59. The predicted molar refractivity (Wildman–Crippen MR) is 67.0 cm³/mol. The van der Waals surface area contributed by atoms with Crippen molar-refractivity contribution in [2.24, 2.45) is 7.05 Å². The molecule has 1 atom stereocenters. The van der Waals surface area contributed by atoms with Gasteiger partial charge in [-0.05, 0) is 6.92 Å². The molecule has 1 aliphatic heterocycles. The highest BCUT2D eigenvalue weighted by molar-refractivity contribution is 5.76. The van der Waals surface area contributed by atoms with Crippen LogP contribution in [0, 0.1) is 6.92 Å². The van der Waals surface area contributed by atoms with Gasteiger partial charge in [0.1, 0.15) is 0 Å². The number of aryl methyl sites for hydroxylation is 1. The van der Waals surface area contributed by atoms with Crippen molar-refractivity contribution in [2.75, 3.05) is 19.8 Å². The van der Waals surface area contributed by atoms with Crippen LogP contribution in [0.1, 0.15) is 17.7 Å². The Bertz CT molecular complexity index is 410. The van der Waals surface area contributed by atoms with Crippen molar-refractivity contribution in [3.63, 3.8) is 0 Å². The summed E-state index contributed by atoms with van der Waals surface area (Å²) < 4.78 is 7.12. The van der Waals surface area contributed by atoms with Crippen molar-refractivity contribution >= 4 is 5.91 Å². The molecule has 2 N–H and O–H groups in total. The Morgan fingerprint density at radius 2 is 2.56 bits per heavy atom. The van der Waals surface area contributed by atoms with Gasteiger partial charge in [-0.3, -0.25) is 9.48 Å². The van der Waals surface area contributed by atoms with E-state index in [-0.39, 0.29) is 11.9 Å². The molecule has 1 aliphatic rings. The van der Waals surface area contributed by atoms with E-state index in [4.69, 9.17) is 4.74 Å². The zero-order valence-corrected chi connectivity index (χ0v) is 10.9. The lowest BCUT2D eigenvalue weighted by molar-refractivity contribution is -0.122. The van der Waals surface area contributed by atoms with Gasteiger partial charge in [0, 0.05) is 43.9 Å². The Morgan fingerprint density at radius 3 is 3.17 bits per heavy atom. The van der Waals surface area contributed by atoms with Crippen molar-refractivity contribution in [3.05, 3.63) is 17.5 Å². The summed E-state index contributed by atoms with van der Waals surface area (Å²) in [5.41, 5.74) is 2.13. The van der Waals surface area contributed by atoms with Crippen LogP contribution >= 0.6 is 0 Å². The molecule has 1 saturated heterocycles. The van der Waals surface area contributed by atoms with Gasteiger partial charge < -0.3 is 15.4 Å². The highest BCUT2D eigenvalue weighted by atomic mass is 16.5. The van der Waals surface area contributed by atoms with Gasteiger partial charge in [0.2, 0.25) is 5.91 Å². The van der Waals surface area contributed by atoms with E-state index in [0.29, 0.717) is 19.6 Å². The number of hydrogen-bond donors (Lipinski definition) is 2. The van der Waals surface area contributed by atoms with E-state index >= 15 is 0 Å². The standard InChI is InChI=1S/C12H20N4O2/c1-9-10(7-15-16(9)2)6-14-12(17)5-11-8-18-4-3-13-11/h7,11,13H,3-6,8H2,1-2H3,(H,14,17). The number of aromatic nitrogens is 2. The SMILES string of the molecule is Cc1c(CNC(=O)CC2COCCN2)cnn1C. The summed E-state index contributed by atoms with van der Waals surface area (Å²) in [6.45, 7) is 4.68. The lowest BCUT2D eigenvalue weighted by Crippen LogP contribution is -2.44. The van der Waals surface area contributed by atoms with Gasteiger partial charge in [-0.15, -0.1) is 0 Å². The smallest absolute Gasteiger partial charge is 0.221 e. The highest BCUT2D eigenvalue weighted by Crippen LogP contribution is 2.05. The van der Waals surface area contributed by atoms with Crippen LogP contribution in [0.3, 0.4) is 0 Å². The van der Waals surface area contributed by atoms with Crippen LogP contribution in [0.15, 0.2) is 6.20 Å². The van der Waals surface area contributed by atoms with Gasteiger partial charge in [0.25, 0.3) is 0 Å². The largest absolute Gasteiger partial charge is 0.378 e. The summed E-state index contributed by atoms with van der Waals surface area (Å²) in [6.07, 6.45) is 2.25. The van der Waals surface area contributed by atoms with Crippen LogP contribution in [0.5, 0.6) is 0 Å². The molecule has 100 valence electrons. The molecule has 6 nitrogen and oxygen atoms in total. The quantitative estimate of drug-likeness (QED) is 0.773. The Labute approximate surface area is 107 Å². The molecule has 1 aromatic heterocycles. The van der Waals surface area contributed by atoms with Crippen LogP contribution in [0.2, 0.25) is 0 Å². The monoisotopic (exact) mass is 252 g/mol. The van der Waals surface area contributed by atoms with Gasteiger partial charge in [0.15, 0.2) is 0 Å². The van der Waals surface area contributed by atoms with E-state index in [1.807, 2.05) is 14.0 Å². The third-order valence-corrected chi connectivity index (χ3v) is 3.24. The molecular formula is C12H20N4O2. The van der Waals surface area contributed by atoms with E-state index in [1.54, 1.807) is 10.9 Å². The fraction of sp³-hybridized carbons (Fsp3) is 0.667. The van der Waals surface area contributed by atoms with Crippen molar-refractivity contribution in [2.45, 2.75) is 25.9 Å². The van der Waals surface area contributed by atoms with Crippen molar-refractivity contribution < 1.29 is 9.53 Å². The summed E-state index contributed by atoms with van der Waals surface area (Å²) >= 11 is 0. The first-order valence-corrected chi connectivity index (χ1v) is 6.22. The van der Waals surface area contributed by atoms with Crippen LogP contribution in [0.4, 0.5) is 0 Å². The van der Waals surface area contributed by atoms with E-state index in [9.17, 15) is 4.79 Å². The summed E-state index contributed by atoms with van der Waals surface area (Å²) in [5.74, 6) is 0.0428. The summed E-state index contributed by atoms with van der Waals surface area (Å²) in [7, 11) is 1.89. The lowest BCUT2D eigenvalue weighted by Gasteiger charge is -2.23. The number of nitrogens with zero attached hydrogens (tertiary/aromatic N) is 2. The minimum Gasteiger partial charge on any atom is -0.378 e. The van der Waals surface area contributed by atoms with Gasteiger partial charge >= 0.3 is 0 Å². The van der Waals surface area contributed by atoms with Crippen LogP contribution in [-0.2, 0) is 23.1 Å². The number of carbonyl (C=O) groups excluding carboxylic acids is 1. The second kappa shape index (κ2) is 5.97. The maximum atomic E-state index is 11.8. The molecule has 1 aromatic rings. The summed E-state index contributed by atoms with van der Waals surface area (Å²) in [6, 6.07) is 0.133. The number of hydrogen-bond acceptors (Lipinski definition) is 4. The maximum Gasteiger partial charge on any atom is 0.221 e. The molecule has 0 aliphatic carbocycles. The Balaban J connectivity index is 1.76. The van der Waals surface area contributed by atoms with Gasteiger partial charge in [-0.1, -0.05) is 0 Å². The highest BCUT2D eigenvalue weighted by Gasteiger charge is 2.16. The average Bonchev–Trinajstić information content (AvgIpc) is 2.69. The van der Waals surface area contributed by atoms with Crippen molar-refractivity contribution in [1.82, 2.24) is 20.4 Å². The molecule has 0 spiro atoms. The first kappa shape index (κ1) is 13.0. The molecule has 0 saturated carbocycles. The number of ether oxygens (including phenoxy) is 1. The Hall–Kier alpha value is -1.40. The van der Waals surface area contributed by atoms with Gasteiger partial charge in [-0.2, -0.15) is 5.10 Å². The van der Waals surface area contributed by atoms with E-state index < -0.39 is 0 Å². The molecule has 0 bridgehead atoms. The molecule has 6 heteroatoms. The first-order valence-electron chi connectivity index (χ1n) is 6.22. The maximum absolute atomic E-state index is 11.8. The van der Waals surface area contributed by atoms with E-state index in [2.05, 4.69) is 15.7 Å². The Morgan fingerprint density at radius 1 is 1.72 bits per heavy atom. The van der Waals surface area contributed by atoms with E-state index in [1.165, 1.54) is 0 Å². The van der Waals surface area contributed by atoms with Crippen LogP contribution in [0.25, 0.3) is 0 Å². The number of rotatable bonds is 4. The molecule has 1 fully saturated rings. The molecular weight excluding hydrogens is 232 g/mol. The zero-order chi connectivity index (χ0) is 13.0. The normalized spacial score (nSPS) is 19.8. The third kappa shape index (κ3) is 3.30. The van der Waals surface area contributed by atoms with Crippen molar-refractivity contribution in [3.8, 4) is 0 Å². The van der Waals surface area contributed by atoms with E-state index in [0.717, 1.165) is 24.4 Å². The van der Waals surface area contributed by atoms with Crippen LogP contribution in [-0.4, -0.2) is 41.5 Å². The third-order valence-electron chi connectivity index (χ3n) is 3.24. The number of carbonyl (C=O) groups is 1. The zero-order valence-electron chi connectivity index (χ0n) is 10.9. The molecule has 2 rings (SSSR count). The summed E-state index contributed by atoms with van der Waals surface area (Å²) in [4.78, 5) is 11.8. The number of morpholine rings is 1. The number of amides is 1. The molecule has 1 amide bonds. The summed E-state index contributed by atoms with van der Waals surface area (Å²) in [5, 5.41) is 10.3. The lowest BCUT2D eigenvalue weighted by atomic mass is 10.2. The first-order chi connectivity index (χ1) is 8.66. The fourth-order valence-electron chi connectivity index (χ4n) is 1.96. The second-order valence-electron chi connectivity index (χ2n) is 4.59. The number of nitrogens with one attached hydrogen (secondary N) is 2. The van der Waals surface area contributed by atoms with Gasteiger partial charge in [0.05, 0.1) is 19.4 Å². The molecule has 18 heavy (non-hydrogen) atoms. The molecule has 2 heterocycles. The molecule has 1 unspecified atom stereocenters.